The molecule has 0 radical (unpaired) electrons. The van der Waals surface area contributed by atoms with Crippen LogP contribution in [-0.4, -0.2) is 23.4 Å². The van der Waals surface area contributed by atoms with E-state index in [9.17, 15) is 14.3 Å². The van der Waals surface area contributed by atoms with E-state index in [0.717, 1.165) is 29.7 Å². The summed E-state index contributed by atoms with van der Waals surface area (Å²) < 4.78 is 13.2. The molecule has 0 aliphatic heterocycles. The third-order valence-corrected chi connectivity index (χ3v) is 4.34. The van der Waals surface area contributed by atoms with E-state index in [0.29, 0.717) is 13.0 Å². The fourth-order valence-electron chi connectivity index (χ4n) is 2.62. The van der Waals surface area contributed by atoms with Crippen molar-refractivity contribution in [2.45, 2.75) is 37.7 Å². The molecule has 1 aromatic rings. The summed E-state index contributed by atoms with van der Waals surface area (Å²) in [4.78, 5) is 12.0. The van der Waals surface area contributed by atoms with E-state index in [4.69, 9.17) is 0 Å². The van der Waals surface area contributed by atoms with Gasteiger partial charge in [0.2, 0.25) is 5.91 Å². The maximum atomic E-state index is 13.2. The molecule has 0 saturated heterocycles. The molecule has 1 aliphatic rings. The second-order valence-corrected chi connectivity index (χ2v) is 6.03. The van der Waals surface area contributed by atoms with Crippen molar-refractivity contribution in [2.24, 2.45) is 5.92 Å². The third-order valence-electron chi connectivity index (χ3n) is 3.74. The van der Waals surface area contributed by atoms with E-state index in [-0.39, 0.29) is 17.6 Å². The van der Waals surface area contributed by atoms with Gasteiger partial charge in [-0.25, -0.2) is 4.39 Å². The lowest BCUT2D eigenvalue weighted by molar-refractivity contribution is -0.127. The number of hydrogen-bond donors (Lipinski definition) is 2. The molecule has 1 saturated carbocycles. The smallest absolute Gasteiger partial charge is 0.225 e. The van der Waals surface area contributed by atoms with E-state index in [1.54, 1.807) is 17.8 Å². The first kappa shape index (κ1) is 15.3. The zero-order chi connectivity index (χ0) is 14.5. The van der Waals surface area contributed by atoms with Gasteiger partial charge >= 0.3 is 0 Å². The molecule has 20 heavy (non-hydrogen) atoms. The van der Waals surface area contributed by atoms with Gasteiger partial charge in [0.1, 0.15) is 5.82 Å². The number of benzene rings is 1. The van der Waals surface area contributed by atoms with Crippen LogP contribution in [0.15, 0.2) is 18.2 Å². The topological polar surface area (TPSA) is 49.3 Å². The highest BCUT2D eigenvalue weighted by Crippen LogP contribution is 2.25. The monoisotopic (exact) mass is 297 g/mol. The molecular weight excluding hydrogens is 277 g/mol. The molecule has 110 valence electrons. The molecule has 1 amide bonds. The van der Waals surface area contributed by atoms with Crippen molar-refractivity contribution in [1.82, 2.24) is 5.32 Å². The van der Waals surface area contributed by atoms with Gasteiger partial charge in [-0.05, 0) is 48.8 Å². The van der Waals surface area contributed by atoms with Crippen molar-refractivity contribution in [1.29, 1.82) is 0 Å². The van der Waals surface area contributed by atoms with Crippen LogP contribution in [0.5, 0.6) is 0 Å². The average molecular weight is 297 g/mol. The predicted molar refractivity (Wildman–Crippen MR) is 78.8 cm³/mol. The minimum absolute atomic E-state index is 0.102. The van der Waals surface area contributed by atoms with E-state index < -0.39 is 6.10 Å². The number of aliphatic hydroxyl groups is 1. The Morgan fingerprint density at radius 3 is 2.90 bits per heavy atom. The highest BCUT2D eigenvalue weighted by atomic mass is 32.2. The summed E-state index contributed by atoms with van der Waals surface area (Å²) >= 11 is 1.62. The molecule has 0 heterocycles. The van der Waals surface area contributed by atoms with Gasteiger partial charge in [0.15, 0.2) is 0 Å². The van der Waals surface area contributed by atoms with Crippen molar-refractivity contribution in [2.75, 3.05) is 6.26 Å². The van der Waals surface area contributed by atoms with Crippen molar-refractivity contribution in [3.63, 3.8) is 0 Å². The fraction of sp³-hybridized carbons (Fsp3) is 0.533. The second-order valence-electron chi connectivity index (χ2n) is 5.17. The number of carbonyl (C=O) groups excluding carboxylic acids is 1. The molecule has 5 heteroatoms. The maximum absolute atomic E-state index is 13.2. The van der Waals surface area contributed by atoms with Crippen molar-refractivity contribution in [3.8, 4) is 0 Å². The standard InChI is InChI=1S/C15H20FNO2S/c1-20-9-11-7-12(16)6-5-10(11)8-17-15(19)13-3-2-4-14(13)18/h5-7,13-14,18H,2-4,8-9H2,1H3,(H,17,19). The van der Waals surface area contributed by atoms with Gasteiger partial charge in [-0.15, -0.1) is 0 Å². The van der Waals surface area contributed by atoms with Gasteiger partial charge in [-0.3, -0.25) is 4.79 Å². The van der Waals surface area contributed by atoms with Crippen LogP contribution in [0.2, 0.25) is 0 Å². The Hall–Kier alpha value is -1.07. The van der Waals surface area contributed by atoms with Gasteiger partial charge in [0.05, 0.1) is 12.0 Å². The zero-order valence-electron chi connectivity index (χ0n) is 11.6. The summed E-state index contributed by atoms with van der Waals surface area (Å²) in [5, 5.41) is 12.6. The summed E-state index contributed by atoms with van der Waals surface area (Å²) in [5.74, 6) is 0.0684. The zero-order valence-corrected chi connectivity index (χ0v) is 12.4. The van der Waals surface area contributed by atoms with Crippen LogP contribution >= 0.6 is 11.8 Å². The summed E-state index contributed by atoms with van der Waals surface area (Å²) in [7, 11) is 0. The molecule has 0 aromatic heterocycles. The molecule has 2 rings (SSSR count). The van der Waals surface area contributed by atoms with Gasteiger partial charge in [-0.1, -0.05) is 6.07 Å². The molecule has 2 N–H and O–H groups in total. The Balaban J connectivity index is 1.98. The van der Waals surface area contributed by atoms with Crippen LogP contribution < -0.4 is 5.32 Å². The van der Waals surface area contributed by atoms with Crippen LogP contribution in [0.4, 0.5) is 4.39 Å². The number of amides is 1. The highest BCUT2D eigenvalue weighted by Gasteiger charge is 2.31. The molecule has 1 aromatic carbocycles. The van der Waals surface area contributed by atoms with E-state index in [1.807, 2.05) is 6.26 Å². The molecule has 0 bridgehead atoms. The van der Waals surface area contributed by atoms with Crippen LogP contribution in [0, 0.1) is 11.7 Å². The van der Waals surface area contributed by atoms with E-state index >= 15 is 0 Å². The lowest BCUT2D eigenvalue weighted by Crippen LogP contribution is -2.34. The maximum Gasteiger partial charge on any atom is 0.225 e. The Morgan fingerprint density at radius 2 is 2.25 bits per heavy atom. The lowest BCUT2D eigenvalue weighted by Gasteiger charge is -2.15. The first-order valence-electron chi connectivity index (χ1n) is 6.84. The van der Waals surface area contributed by atoms with Crippen molar-refractivity contribution in [3.05, 3.63) is 35.1 Å². The Labute approximate surface area is 123 Å². The molecular formula is C15H20FNO2S. The lowest BCUT2D eigenvalue weighted by atomic mass is 10.0. The predicted octanol–water partition coefficient (Wildman–Crippen LogP) is 2.47. The molecule has 1 aliphatic carbocycles. The molecule has 2 atom stereocenters. The molecule has 1 fully saturated rings. The van der Waals surface area contributed by atoms with Crippen LogP contribution in [-0.2, 0) is 17.1 Å². The number of carbonyl (C=O) groups is 1. The fourth-order valence-corrected chi connectivity index (χ4v) is 3.20. The number of hydrogen-bond acceptors (Lipinski definition) is 3. The Kier molecular flexibility index (Phi) is 5.43. The normalized spacial score (nSPS) is 21.9. The Bertz CT molecular complexity index is 481. The van der Waals surface area contributed by atoms with Gasteiger partial charge in [-0.2, -0.15) is 11.8 Å². The first-order valence-corrected chi connectivity index (χ1v) is 8.23. The van der Waals surface area contributed by atoms with E-state index in [2.05, 4.69) is 5.32 Å². The minimum atomic E-state index is -0.520. The number of thioether (sulfide) groups is 1. The quantitative estimate of drug-likeness (QED) is 0.878. The molecule has 2 unspecified atom stereocenters. The first-order chi connectivity index (χ1) is 9.61. The number of aliphatic hydroxyl groups excluding tert-OH is 1. The van der Waals surface area contributed by atoms with Crippen LogP contribution in [0.1, 0.15) is 30.4 Å². The van der Waals surface area contributed by atoms with Gasteiger partial charge < -0.3 is 10.4 Å². The summed E-state index contributed by atoms with van der Waals surface area (Å²) in [5.41, 5.74) is 1.84. The SMILES string of the molecule is CSCc1cc(F)ccc1CNC(=O)C1CCCC1O. The van der Waals surface area contributed by atoms with E-state index in [1.165, 1.54) is 12.1 Å². The molecule has 0 spiro atoms. The van der Waals surface area contributed by atoms with Crippen LogP contribution in [0.3, 0.4) is 0 Å². The van der Waals surface area contributed by atoms with Crippen LogP contribution in [0.25, 0.3) is 0 Å². The minimum Gasteiger partial charge on any atom is -0.392 e. The summed E-state index contributed by atoms with van der Waals surface area (Å²) in [6.45, 7) is 0.387. The van der Waals surface area contributed by atoms with Gasteiger partial charge in [0.25, 0.3) is 0 Å². The highest BCUT2D eigenvalue weighted by molar-refractivity contribution is 7.97. The van der Waals surface area contributed by atoms with Crippen molar-refractivity contribution < 1.29 is 14.3 Å². The van der Waals surface area contributed by atoms with Gasteiger partial charge in [0, 0.05) is 12.3 Å². The largest absolute Gasteiger partial charge is 0.392 e. The summed E-state index contributed by atoms with van der Waals surface area (Å²) in [6.07, 6.45) is 3.78. The number of nitrogens with one attached hydrogen (secondary N) is 1. The second kappa shape index (κ2) is 7.09. The van der Waals surface area contributed by atoms with Crippen molar-refractivity contribution >= 4 is 17.7 Å². The Morgan fingerprint density at radius 1 is 1.45 bits per heavy atom. The summed E-state index contributed by atoms with van der Waals surface area (Å²) in [6, 6.07) is 4.64. The number of halogens is 1. The number of rotatable bonds is 5. The average Bonchev–Trinajstić information content (AvgIpc) is 2.84. The third kappa shape index (κ3) is 3.73. The molecule has 3 nitrogen and oxygen atoms in total.